The van der Waals surface area contributed by atoms with Crippen molar-refractivity contribution in [1.82, 2.24) is 5.32 Å². The number of para-hydroxylation sites is 2. The Morgan fingerprint density at radius 3 is 2.25 bits per heavy atom. The number of hydrogen-bond acceptors (Lipinski definition) is 16. The second kappa shape index (κ2) is 14.6. The van der Waals surface area contributed by atoms with E-state index in [2.05, 4.69) is 9.50 Å². The van der Waals surface area contributed by atoms with E-state index in [-0.39, 0.29) is 35.3 Å². The first-order valence-corrected chi connectivity index (χ1v) is 12.6. The van der Waals surface area contributed by atoms with Crippen LogP contribution in [-0.4, -0.2) is 124 Å². The number of amides is 1. The number of nitro benzene ring substituents is 1. The van der Waals surface area contributed by atoms with Crippen molar-refractivity contribution in [1.29, 1.82) is 0 Å². The van der Waals surface area contributed by atoms with Gasteiger partial charge in [0, 0.05) is 13.0 Å². The Morgan fingerprint density at radius 2 is 1.68 bits per heavy atom. The summed E-state index contributed by atoms with van der Waals surface area (Å²) in [5.41, 5.74) is -0.480. The third kappa shape index (κ3) is 8.49. The monoisotopic (exact) mass is 606 g/mol. The van der Waals surface area contributed by atoms with Crippen molar-refractivity contribution in [3.05, 3.63) is 34.4 Å². The molecule has 0 spiro atoms. The smallest absolute Gasteiger partial charge is 0.726 e. The minimum absolute atomic E-state index is 0. The van der Waals surface area contributed by atoms with Crippen LogP contribution in [0.5, 0.6) is 5.75 Å². The molecule has 1 amide bonds. The van der Waals surface area contributed by atoms with Crippen molar-refractivity contribution in [3.63, 3.8) is 0 Å². The number of nitrogens with one attached hydrogen (secondary N) is 1. The van der Waals surface area contributed by atoms with Gasteiger partial charge in [0.05, 0.1) is 18.1 Å². The van der Waals surface area contributed by atoms with Crippen LogP contribution in [0.4, 0.5) is 5.69 Å². The zero-order chi connectivity index (χ0) is 29.1. The van der Waals surface area contributed by atoms with Crippen LogP contribution in [-0.2, 0) is 33.6 Å². The molecule has 3 rings (SSSR count). The standard InChI is InChI=1S/C20H28N2O16S.Na/c1-8(24)21-13-18(38-20-17(28)16(27)14(25)12(37-20)7-34-39(31,32)33)15(26)11(6-23)36-19(13)35-10-5-3-2-4-9(10)22(29)30;/h2-5,11-20,23,25-28H,6-7H2,1H3,(H,21,24)(H,31,32,33);/q;+1/p-1/t11-,12-,13-,14-,15-,16-,17-,18+,19-,20-;/m0./s1. The number of nitro groups is 1. The van der Waals surface area contributed by atoms with Gasteiger partial charge in [0.1, 0.15) is 48.8 Å². The van der Waals surface area contributed by atoms with Crippen molar-refractivity contribution in [2.45, 2.75) is 68.3 Å². The molecule has 20 heteroatoms. The Hall–Kier alpha value is -1.56. The summed E-state index contributed by atoms with van der Waals surface area (Å²) >= 11 is 0. The molecule has 2 fully saturated rings. The molecule has 6 N–H and O–H groups in total. The molecule has 0 unspecified atom stereocenters. The van der Waals surface area contributed by atoms with Crippen molar-refractivity contribution in [2.75, 3.05) is 13.2 Å². The molecule has 0 aliphatic carbocycles. The Labute approximate surface area is 249 Å². The summed E-state index contributed by atoms with van der Waals surface area (Å²) < 4.78 is 58.6. The van der Waals surface area contributed by atoms with Gasteiger partial charge in [-0.05, 0) is 6.07 Å². The molecule has 2 aliphatic heterocycles. The third-order valence-corrected chi connectivity index (χ3v) is 6.29. The molecule has 220 valence electrons. The van der Waals surface area contributed by atoms with Gasteiger partial charge in [-0.15, -0.1) is 0 Å². The number of ether oxygens (including phenoxy) is 4. The van der Waals surface area contributed by atoms with E-state index in [1.54, 1.807) is 0 Å². The maximum absolute atomic E-state index is 12.0. The Morgan fingerprint density at radius 1 is 1.05 bits per heavy atom. The van der Waals surface area contributed by atoms with Crippen LogP contribution < -0.4 is 39.6 Å². The van der Waals surface area contributed by atoms with E-state index in [1.807, 2.05) is 0 Å². The molecular formula is C20H27N2NaO16S. The average molecular weight is 606 g/mol. The minimum atomic E-state index is -5.23. The zero-order valence-corrected chi connectivity index (χ0v) is 23.9. The predicted octanol–water partition coefficient (Wildman–Crippen LogP) is -6.77. The van der Waals surface area contributed by atoms with Crippen LogP contribution in [0.25, 0.3) is 0 Å². The summed E-state index contributed by atoms with van der Waals surface area (Å²) in [6, 6.07) is 3.64. The summed E-state index contributed by atoms with van der Waals surface area (Å²) in [6.45, 7) is -0.838. The number of rotatable bonds is 10. The van der Waals surface area contributed by atoms with Crippen molar-refractivity contribution >= 4 is 22.0 Å². The van der Waals surface area contributed by atoms with E-state index in [0.717, 1.165) is 13.0 Å². The number of benzene rings is 1. The zero-order valence-electron chi connectivity index (χ0n) is 21.1. The van der Waals surface area contributed by atoms with Gasteiger partial charge >= 0.3 is 35.2 Å². The van der Waals surface area contributed by atoms with E-state index in [9.17, 15) is 53.4 Å². The summed E-state index contributed by atoms with van der Waals surface area (Å²) in [5, 5.41) is 65.1. The van der Waals surface area contributed by atoms with Crippen LogP contribution in [0.3, 0.4) is 0 Å². The minimum Gasteiger partial charge on any atom is -0.726 e. The predicted molar refractivity (Wildman–Crippen MR) is 120 cm³/mol. The van der Waals surface area contributed by atoms with E-state index < -0.39 is 101 Å². The number of hydrogen-bond donors (Lipinski definition) is 6. The Kier molecular flexibility index (Phi) is 12.6. The fourth-order valence-corrected chi connectivity index (χ4v) is 4.32. The van der Waals surface area contributed by atoms with E-state index in [4.69, 9.17) is 18.9 Å². The van der Waals surface area contributed by atoms with Crippen LogP contribution in [0.1, 0.15) is 6.92 Å². The van der Waals surface area contributed by atoms with Crippen molar-refractivity contribution in [3.8, 4) is 5.75 Å². The number of aliphatic hydroxyl groups is 5. The molecule has 2 heterocycles. The second-order valence-electron chi connectivity index (χ2n) is 8.59. The fraction of sp³-hybridized carbons (Fsp3) is 0.650. The van der Waals surface area contributed by atoms with Gasteiger partial charge in [-0.3, -0.25) is 19.1 Å². The molecular weight excluding hydrogens is 579 g/mol. The molecule has 2 aliphatic rings. The molecule has 0 saturated carbocycles. The SMILES string of the molecule is CC(=O)N[C@@H]1[C@@H](Oc2ccccc2[N+](=O)[O-])O[C@@H](CO)[C@H](O)[C@@H]1O[C@@H]1O[C@@H](COS(=O)(=O)[O-])[C@H](O)[C@H](O)[C@@H]1O.[Na+]. The first-order valence-electron chi connectivity index (χ1n) is 11.3. The summed E-state index contributed by atoms with van der Waals surface area (Å²) in [5.74, 6) is -1.02. The molecule has 0 radical (unpaired) electrons. The first kappa shape index (κ1) is 34.6. The summed E-state index contributed by atoms with van der Waals surface area (Å²) in [4.78, 5) is 22.7. The topological polar surface area (TPSA) is 277 Å². The number of carbonyl (C=O) groups excluding carboxylic acids is 1. The van der Waals surface area contributed by atoms with Crippen LogP contribution in [0.15, 0.2) is 24.3 Å². The molecule has 1 aromatic rings. The summed E-state index contributed by atoms with van der Waals surface area (Å²) in [6.07, 6.45) is -16.2. The van der Waals surface area contributed by atoms with E-state index >= 15 is 0 Å². The summed E-state index contributed by atoms with van der Waals surface area (Å²) in [7, 11) is -5.23. The van der Waals surface area contributed by atoms with Crippen LogP contribution in [0, 0.1) is 10.1 Å². The molecule has 0 aromatic heterocycles. The Bertz CT molecular complexity index is 1130. The van der Waals surface area contributed by atoms with Gasteiger partial charge < -0.3 is 54.3 Å². The quantitative estimate of drug-likeness (QED) is 0.0474. The molecule has 0 bridgehead atoms. The number of aliphatic hydroxyl groups excluding tert-OH is 5. The van der Waals surface area contributed by atoms with Gasteiger partial charge in [-0.1, -0.05) is 12.1 Å². The molecule has 40 heavy (non-hydrogen) atoms. The number of carbonyl (C=O) groups is 1. The average Bonchev–Trinajstić information content (AvgIpc) is 2.86. The molecule has 10 atom stereocenters. The molecule has 18 nitrogen and oxygen atoms in total. The number of nitrogens with zero attached hydrogens (tertiary/aromatic N) is 1. The normalized spacial score (nSPS) is 34.4. The van der Waals surface area contributed by atoms with Crippen LogP contribution >= 0.6 is 0 Å². The van der Waals surface area contributed by atoms with E-state index in [1.165, 1.54) is 18.2 Å². The first-order chi connectivity index (χ1) is 18.2. The van der Waals surface area contributed by atoms with Gasteiger partial charge in [0.25, 0.3) is 0 Å². The van der Waals surface area contributed by atoms with Crippen LogP contribution in [0.2, 0.25) is 0 Å². The Balaban J connectivity index is 0.00000560. The van der Waals surface area contributed by atoms with Gasteiger partial charge in [-0.25, -0.2) is 8.42 Å². The molecule has 1 aromatic carbocycles. The maximum Gasteiger partial charge on any atom is 1.00 e. The fourth-order valence-electron chi connectivity index (χ4n) is 4.02. The van der Waals surface area contributed by atoms with Gasteiger partial charge in [-0.2, -0.15) is 0 Å². The largest absolute Gasteiger partial charge is 1.00 e. The van der Waals surface area contributed by atoms with E-state index in [0.29, 0.717) is 0 Å². The van der Waals surface area contributed by atoms with Gasteiger partial charge in [0.15, 0.2) is 12.0 Å². The molecule has 2 saturated heterocycles. The third-order valence-electron chi connectivity index (χ3n) is 5.86. The van der Waals surface area contributed by atoms with Crippen molar-refractivity contribution < 1.29 is 101 Å². The maximum atomic E-state index is 12.0. The van der Waals surface area contributed by atoms with Gasteiger partial charge in [0.2, 0.25) is 22.6 Å². The van der Waals surface area contributed by atoms with Crippen molar-refractivity contribution in [2.24, 2.45) is 0 Å². The second-order valence-corrected chi connectivity index (χ2v) is 9.65.